The summed E-state index contributed by atoms with van der Waals surface area (Å²) in [5, 5.41) is 9.49. The Morgan fingerprint density at radius 2 is 1.90 bits per heavy atom. The predicted octanol–water partition coefficient (Wildman–Crippen LogP) is -0.435. The summed E-state index contributed by atoms with van der Waals surface area (Å²) in [6.45, 7) is 0. The summed E-state index contributed by atoms with van der Waals surface area (Å²) in [5.74, 6) is 0.0663. The van der Waals surface area contributed by atoms with Crippen molar-refractivity contribution in [2.75, 3.05) is 5.43 Å². The molecule has 0 saturated heterocycles. The average Bonchev–Trinajstić information content (AvgIpc) is 2.83. The van der Waals surface area contributed by atoms with E-state index in [0.29, 0.717) is 0 Å². The number of hydrogen-bond acceptors (Lipinski definition) is 6. The lowest BCUT2D eigenvalue weighted by atomic mass is 10.5. The van der Waals surface area contributed by atoms with Crippen LogP contribution in [0.1, 0.15) is 0 Å². The first kappa shape index (κ1) is 16.1. The zero-order chi connectivity index (χ0) is 15.9. The summed E-state index contributed by atoms with van der Waals surface area (Å²) in [4.78, 5) is 30.4. The molecule has 2 rings (SSSR count). The van der Waals surface area contributed by atoms with Crippen molar-refractivity contribution >= 4 is 51.9 Å². The van der Waals surface area contributed by atoms with E-state index in [1.807, 2.05) is 0 Å². The van der Waals surface area contributed by atoms with Gasteiger partial charge >= 0.3 is 5.69 Å². The van der Waals surface area contributed by atoms with Gasteiger partial charge in [0.05, 0.1) is 0 Å². The molecule has 1 unspecified atom stereocenters. The first-order valence-electron chi connectivity index (χ1n) is 5.55. The third-order valence-corrected chi connectivity index (χ3v) is 3.35. The number of aromatic amines is 1. The number of H-pyrrole nitrogens is 1. The maximum atomic E-state index is 11.9. The van der Waals surface area contributed by atoms with Gasteiger partial charge in [-0.3, -0.25) is 19.4 Å². The minimum atomic E-state index is -1.96. The fourth-order valence-corrected chi connectivity index (χ4v) is 1.77. The number of anilines is 1. The molecule has 1 atom stereocenters. The number of aromatic nitrogens is 4. The molecule has 0 aromatic carbocycles. The number of halogens is 3. The molecule has 0 aliphatic rings. The minimum absolute atomic E-state index is 0.0663. The first-order valence-corrected chi connectivity index (χ1v) is 6.68. The molecule has 9 nitrogen and oxygen atoms in total. The molecule has 2 aromatic heterocycles. The van der Waals surface area contributed by atoms with E-state index >= 15 is 0 Å². The van der Waals surface area contributed by atoms with Crippen LogP contribution in [0.25, 0.3) is 11.2 Å². The zero-order valence-electron chi connectivity index (χ0n) is 10.8. The Hall–Kier alpha value is -1.26. The van der Waals surface area contributed by atoms with Crippen LogP contribution in [0.4, 0.5) is 5.95 Å². The maximum Gasteiger partial charge on any atom is 0.332 e. The Kier molecular flexibility index (Phi) is 4.22. The number of aryl methyl sites for hydroxylation is 1. The van der Waals surface area contributed by atoms with Crippen LogP contribution in [0.3, 0.4) is 0 Å². The van der Waals surface area contributed by atoms with Gasteiger partial charge in [0.25, 0.3) is 5.56 Å². The van der Waals surface area contributed by atoms with Crippen molar-refractivity contribution in [3.63, 3.8) is 0 Å². The second-order valence-electron chi connectivity index (χ2n) is 4.20. The molecule has 116 valence electrons. The molecule has 0 spiro atoms. The highest BCUT2D eigenvalue weighted by Gasteiger charge is 2.30. The second kappa shape index (κ2) is 5.50. The van der Waals surface area contributed by atoms with Crippen molar-refractivity contribution in [1.29, 1.82) is 0 Å². The monoisotopic (exact) mass is 356 g/mol. The molecule has 0 fully saturated rings. The van der Waals surface area contributed by atoms with Gasteiger partial charge < -0.3 is 10.1 Å². The molecule has 0 saturated carbocycles. The van der Waals surface area contributed by atoms with E-state index in [4.69, 9.17) is 34.8 Å². The van der Waals surface area contributed by atoms with Gasteiger partial charge in [-0.05, 0) is 0 Å². The Morgan fingerprint density at radius 1 is 1.29 bits per heavy atom. The normalized spacial score (nSPS) is 13.6. The molecule has 12 heteroatoms. The third kappa shape index (κ3) is 3.01. The Morgan fingerprint density at radius 3 is 2.48 bits per heavy atom. The SMILES string of the molecule is Cn1c(=O)c2[nH]c(NNC(O)C(Cl)(Cl)Cl)nc2n(C)c1=O. The van der Waals surface area contributed by atoms with Crippen LogP contribution in [-0.4, -0.2) is 34.2 Å². The lowest BCUT2D eigenvalue weighted by Crippen LogP contribution is -2.43. The fourth-order valence-electron chi connectivity index (χ4n) is 1.60. The molecule has 21 heavy (non-hydrogen) atoms. The number of aliphatic hydroxyl groups excluding tert-OH is 1. The topological polar surface area (TPSA) is 117 Å². The Balaban J connectivity index is 2.37. The summed E-state index contributed by atoms with van der Waals surface area (Å²) in [6.07, 6.45) is -1.53. The minimum Gasteiger partial charge on any atom is -0.373 e. The summed E-state index contributed by atoms with van der Waals surface area (Å²) in [7, 11) is 2.82. The lowest BCUT2D eigenvalue weighted by molar-refractivity contribution is 0.150. The van der Waals surface area contributed by atoms with E-state index < -0.39 is 21.3 Å². The van der Waals surface area contributed by atoms with Gasteiger partial charge in [0.15, 0.2) is 17.4 Å². The number of fused-ring (bicyclic) bond motifs is 1. The summed E-state index contributed by atoms with van der Waals surface area (Å²) in [5.41, 5.74) is 3.96. The van der Waals surface area contributed by atoms with Crippen molar-refractivity contribution in [1.82, 2.24) is 24.5 Å². The predicted molar refractivity (Wildman–Crippen MR) is 79.6 cm³/mol. The van der Waals surface area contributed by atoms with Gasteiger partial charge in [-0.15, -0.1) is 0 Å². The molecule has 2 heterocycles. The van der Waals surface area contributed by atoms with Gasteiger partial charge in [0.2, 0.25) is 9.74 Å². The van der Waals surface area contributed by atoms with E-state index in [1.54, 1.807) is 0 Å². The largest absolute Gasteiger partial charge is 0.373 e. The molecular weight excluding hydrogens is 346 g/mol. The number of hydrogen-bond donors (Lipinski definition) is 4. The van der Waals surface area contributed by atoms with Crippen LogP contribution in [0.2, 0.25) is 0 Å². The maximum absolute atomic E-state index is 11.9. The quantitative estimate of drug-likeness (QED) is 0.336. The molecule has 0 bridgehead atoms. The molecule has 0 radical (unpaired) electrons. The number of rotatable bonds is 3. The number of nitrogens with zero attached hydrogens (tertiary/aromatic N) is 3. The van der Waals surface area contributed by atoms with Crippen molar-refractivity contribution < 1.29 is 5.11 Å². The number of nitrogens with one attached hydrogen (secondary N) is 3. The van der Waals surface area contributed by atoms with Crippen LogP contribution >= 0.6 is 34.8 Å². The molecule has 0 aliphatic heterocycles. The van der Waals surface area contributed by atoms with E-state index in [-0.39, 0.29) is 17.1 Å². The fraction of sp³-hybridized carbons (Fsp3) is 0.444. The number of hydrazine groups is 1. The van der Waals surface area contributed by atoms with E-state index in [9.17, 15) is 14.7 Å². The van der Waals surface area contributed by atoms with E-state index in [0.717, 1.165) is 4.57 Å². The summed E-state index contributed by atoms with van der Waals surface area (Å²) in [6, 6.07) is 0. The average molecular weight is 358 g/mol. The van der Waals surface area contributed by atoms with Crippen LogP contribution in [0.5, 0.6) is 0 Å². The summed E-state index contributed by atoms with van der Waals surface area (Å²) < 4.78 is 0.180. The van der Waals surface area contributed by atoms with E-state index in [2.05, 4.69) is 20.8 Å². The third-order valence-electron chi connectivity index (χ3n) is 2.73. The van der Waals surface area contributed by atoms with Gasteiger partial charge in [0.1, 0.15) is 0 Å². The highest BCUT2D eigenvalue weighted by Crippen LogP contribution is 2.28. The van der Waals surface area contributed by atoms with Crippen LogP contribution in [0.15, 0.2) is 9.59 Å². The van der Waals surface area contributed by atoms with Gasteiger partial charge in [-0.25, -0.2) is 10.2 Å². The molecular formula is C9H11Cl3N6O3. The van der Waals surface area contributed by atoms with Crippen LogP contribution in [0, 0.1) is 0 Å². The Bertz CT molecular complexity index is 789. The molecule has 2 aromatic rings. The highest BCUT2D eigenvalue weighted by molar-refractivity contribution is 6.68. The van der Waals surface area contributed by atoms with Crippen molar-refractivity contribution in [3.05, 3.63) is 20.8 Å². The van der Waals surface area contributed by atoms with Crippen LogP contribution < -0.4 is 22.1 Å². The van der Waals surface area contributed by atoms with Gasteiger partial charge in [0, 0.05) is 14.1 Å². The smallest absolute Gasteiger partial charge is 0.332 e. The van der Waals surface area contributed by atoms with Crippen molar-refractivity contribution in [2.24, 2.45) is 14.1 Å². The zero-order valence-corrected chi connectivity index (χ0v) is 13.1. The van der Waals surface area contributed by atoms with Crippen LogP contribution in [-0.2, 0) is 14.1 Å². The highest BCUT2D eigenvalue weighted by atomic mass is 35.6. The standard InChI is InChI=1S/C9H11Cl3N6O3/c1-17-4-3(5(19)18(2)8(17)21)13-7(14-4)16-15-6(20)9(10,11)12/h6,15,20H,1-2H3,(H2,13,14,16). The summed E-state index contributed by atoms with van der Waals surface area (Å²) >= 11 is 16.4. The lowest BCUT2D eigenvalue weighted by Gasteiger charge is -2.19. The Labute approximate surface area is 132 Å². The van der Waals surface area contributed by atoms with Gasteiger partial charge in [-0.1, -0.05) is 34.8 Å². The van der Waals surface area contributed by atoms with Crippen molar-refractivity contribution in [3.8, 4) is 0 Å². The first-order chi connectivity index (χ1) is 9.62. The number of imidazole rings is 1. The molecule has 4 N–H and O–H groups in total. The van der Waals surface area contributed by atoms with E-state index in [1.165, 1.54) is 18.7 Å². The number of aliphatic hydroxyl groups is 1. The number of alkyl halides is 3. The molecule has 0 aliphatic carbocycles. The van der Waals surface area contributed by atoms with Gasteiger partial charge in [-0.2, -0.15) is 4.98 Å². The second-order valence-corrected chi connectivity index (χ2v) is 6.57. The molecule has 0 amide bonds. The van der Waals surface area contributed by atoms with Crippen molar-refractivity contribution in [2.45, 2.75) is 10.0 Å².